The van der Waals surface area contributed by atoms with Gasteiger partial charge in [0.15, 0.2) is 0 Å². The lowest BCUT2D eigenvalue weighted by atomic mass is 10.2. The molecular weight excluding hydrogens is 220 g/mol. The molecule has 84 valence electrons. The average Bonchev–Trinajstić information content (AvgIpc) is 2.00. The van der Waals surface area contributed by atoms with Gasteiger partial charge in [-0.05, 0) is 36.3 Å². The van der Waals surface area contributed by atoms with Crippen molar-refractivity contribution in [2.45, 2.75) is 43.8 Å². The van der Waals surface area contributed by atoms with Gasteiger partial charge in [-0.2, -0.15) is 0 Å². The lowest BCUT2D eigenvalue weighted by molar-refractivity contribution is 0.491. The zero-order chi connectivity index (χ0) is 11.7. The smallest absolute Gasteiger partial charge is 0.250 e. The fourth-order valence-corrected chi connectivity index (χ4v) is 2.23. The van der Waals surface area contributed by atoms with Crippen molar-refractivity contribution >= 4 is 20.9 Å². The summed E-state index contributed by atoms with van der Waals surface area (Å²) in [6, 6.07) is 7.91. The topological polar surface area (TPSA) is 9.23 Å². The molecule has 0 aromatic heterocycles. The van der Waals surface area contributed by atoms with Crippen molar-refractivity contribution in [1.82, 2.24) is 0 Å². The molecule has 3 heteroatoms. The summed E-state index contributed by atoms with van der Waals surface area (Å²) in [5, 5.41) is 0.236. The highest BCUT2D eigenvalue weighted by atomic mass is 32.1. The first kappa shape index (κ1) is 12.7. The first-order valence-electron chi connectivity index (χ1n) is 5.20. The van der Waals surface area contributed by atoms with Crippen LogP contribution < -0.4 is 4.43 Å². The van der Waals surface area contributed by atoms with Crippen molar-refractivity contribution in [3.63, 3.8) is 0 Å². The van der Waals surface area contributed by atoms with Crippen molar-refractivity contribution in [3.8, 4) is 5.75 Å². The molecule has 1 rings (SSSR count). The second-order valence-electron chi connectivity index (χ2n) is 5.36. The Labute approximate surface area is 99.4 Å². The predicted molar refractivity (Wildman–Crippen MR) is 71.5 cm³/mol. The molecule has 0 heterocycles. The lowest BCUT2D eigenvalue weighted by Gasteiger charge is -2.36. The number of hydrogen-bond acceptors (Lipinski definition) is 2. The number of benzene rings is 1. The van der Waals surface area contributed by atoms with E-state index in [1.165, 1.54) is 0 Å². The van der Waals surface area contributed by atoms with Crippen molar-refractivity contribution in [2.75, 3.05) is 0 Å². The summed E-state index contributed by atoms with van der Waals surface area (Å²) in [6.07, 6.45) is 0. The van der Waals surface area contributed by atoms with Crippen LogP contribution in [0.15, 0.2) is 29.2 Å². The van der Waals surface area contributed by atoms with E-state index in [-0.39, 0.29) is 5.04 Å². The Balaban J connectivity index is 2.87. The maximum atomic E-state index is 6.14. The van der Waals surface area contributed by atoms with Gasteiger partial charge in [-0.25, -0.2) is 0 Å². The maximum Gasteiger partial charge on any atom is 0.250 e. The molecule has 1 aromatic rings. The summed E-state index contributed by atoms with van der Waals surface area (Å²) >= 11 is 4.31. The molecule has 0 aliphatic rings. The maximum absolute atomic E-state index is 6.14. The second-order valence-corrected chi connectivity index (χ2v) is 10.6. The first-order chi connectivity index (χ1) is 6.72. The van der Waals surface area contributed by atoms with E-state index in [4.69, 9.17) is 4.43 Å². The van der Waals surface area contributed by atoms with Gasteiger partial charge < -0.3 is 4.43 Å². The van der Waals surface area contributed by atoms with Crippen LogP contribution in [0.5, 0.6) is 5.75 Å². The zero-order valence-electron chi connectivity index (χ0n) is 10.2. The van der Waals surface area contributed by atoms with Gasteiger partial charge in [0.05, 0.1) is 0 Å². The van der Waals surface area contributed by atoms with Gasteiger partial charge in [0, 0.05) is 4.90 Å². The number of rotatable bonds is 2. The van der Waals surface area contributed by atoms with Gasteiger partial charge >= 0.3 is 0 Å². The Morgan fingerprint density at radius 1 is 1.20 bits per heavy atom. The van der Waals surface area contributed by atoms with Gasteiger partial charge in [-0.3, -0.25) is 0 Å². The molecule has 0 unspecified atom stereocenters. The van der Waals surface area contributed by atoms with Gasteiger partial charge in [0.1, 0.15) is 5.75 Å². The summed E-state index contributed by atoms with van der Waals surface area (Å²) in [5.41, 5.74) is 0. The second kappa shape index (κ2) is 4.22. The van der Waals surface area contributed by atoms with E-state index >= 15 is 0 Å². The molecule has 0 spiro atoms. The van der Waals surface area contributed by atoms with E-state index in [1.54, 1.807) is 0 Å². The van der Waals surface area contributed by atoms with Crippen LogP contribution in [0.1, 0.15) is 20.8 Å². The highest BCUT2D eigenvalue weighted by Gasteiger charge is 2.38. The van der Waals surface area contributed by atoms with E-state index in [0.717, 1.165) is 10.6 Å². The van der Waals surface area contributed by atoms with Crippen LogP contribution in [0.25, 0.3) is 0 Å². The molecule has 0 aliphatic heterocycles. The summed E-state index contributed by atoms with van der Waals surface area (Å²) in [6.45, 7) is 11.2. The van der Waals surface area contributed by atoms with Crippen molar-refractivity contribution in [1.29, 1.82) is 0 Å². The first-order valence-corrected chi connectivity index (χ1v) is 8.56. The van der Waals surface area contributed by atoms with Crippen LogP contribution in [0.2, 0.25) is 18.1 Å². The van der Waals surface area contributed by atoms with E-state index in [9.17, 15) is 0 Å². The fourth-order valence-electron chi connectivity index (χ4n) is 0.995. The van der Waals surface area contributed by atoms with Gasteiger partial charge in [-0.15, -0.1) is 12.6 Å². The van der Waals surface area contributed by atoms with Gasteiger partial charge in [0.2, 0.25) is 8.32 Å². The molecule has 0 atom stereocenters. The highest BCUT2D eigenvalue weighted by Crippen LogP contribution is 2.37. The van der Waals surface area contributed by atoms with E-state index in [1.807, 2.05) is 24.3 Å². The fraction of sp³-hybridized carbons (Fsp3) is 0.500. The molecule has 0 amide bonds. The van der Waals surface area contributed by atoms with Gasteiger partial charge in [-0.1, -0.05) is 26.8 Å². The number of hydrogen-bond donors (Lipinski definition) is 1. The Bertz CT molecular complexity index is 342. The lowest BCUT2D eigenvalue weighted by Crippen LogP contribution is -2.43. The summed E-state index contributed by atoms with van der Waals surface area (Å²) < 4.78 is 6.14. The molecular formula is C12H20OSSi. The number of thiol groups is 1. The Morgan fingerprint density at radius 2 is 1.80 bits per heavy atom. The molecule has 0 fully saturated rings. The van der Waals surface area contributed by atoms with Crippen LogP contribution >= 0.6 is 12.6 Å². The highest BCUT2D eigenvalue weighted by molar-refractivity contribution is 7.80. The average molecular weight is 240 g/mol. The monoisotopic (exact) mass is 240 g/mol. The van der Waals surface area contributed by atoms with Crippen molar-refractivity contribution in [2.24, 2.45) is 0 Å². The van der Waals surface area contributed by atoms with E-state index in [2.05, 4.69) is 46.5 Å². The molecule has 0 aliphatic carbocycles. The largest absolute Gasteiger partial charge is 0.543 e. The predicted octanol–water partition coefficient (Wildman–Crippen LogP) is 4.36. The molecule has 0 bridgehead atoms. The summed E-state index contributed by atoms with van der Waals surface area (Å²) in [4.78, 5) is 0.950. The third-order valence-electron chi connectivity index (χ3n) is 3.00. The SMILES string of the molecule is CC(C)(C)[Si](C)(C)Oc1cccc(S)c1. The summed E-state index contributed by atoms with van der Waals surface area (Å²) in [5.74, 6) is 0.939. The minimum absolute atomic E-state index is 0.236. The molecule has 0 radical (unpaired) electrons. The molecule has 1 aromatic carbocycles. The quantitative estimate of drug-likeness (QED) is 0.597. The van der Waals surface area contributed by atoms with Crippen molar-refractivity contribution in [3.05, 3.63) is 24.3 Å². The Morgan fingerprint density at radius 3 is 2.27 bits per heavy atom. The van der Waals surface area contributed by atoms with E-state index < -0.39 is 8.32 Å². The minimum Gasteiger partial charge on any atom is -0.543 e. The van der Waals surface area contributed by atoms with Crippen LogP contribution in [0.4, 0.5) is 0 Å². The van der Waals surface area contributed by atoms with Crippen LogP contribution in [0.3, 0.4) is 0 Å². The van der Waals surface area contributed by atoms with Crippen LogP contribution in [-0.2, 0) is 0 Å². The third kappa shape index (κ3) is 3.28. The molecule has 0 N–H and O–H groups in total. The molecule has 15 heavy (non-hydrogen) atoms. The molecule has 0 saturated heterocycles. The van der Waals surface area contributed by atoms with Gasteiger partial charge in [0.25, 0.3) is 0 Å². The van der Waals surface area contributed by atoms with Crippen LogP contribution in [-0.4, -0.2) is 8.32 Å². The minimum atomic E-state index is -1.70. The molecule has 0 saturated carbocycles. The summed E-state index contributed by atoms with van der Waals surface area (Å²) in [7, 11) is -1.70. The normalized spacial score (nSPS) is 12.7. The van der Waals surface area contributed by atoms with Crippen LogP contribution in [0, 0.1) is 0 Å². The Hall–Kier alpha value is -0.413. The van der Waals surface area contributed by atoms with Crippen molar-refractivity contribution < 1.29 is 4.43 Å². The Kier molecular flexibility index (Phi) is 3.56. The zero-order valence-corrected chi connectivity index (χ0v) is 12.1. The third-order valence-corrected chi connectivity index (χ3v) is 7.63. The standard InChI is InChI=1S/C12H20OSSi/c1-12(2,3)15(4,5)13-10-7-6-8-11(14)9-10/h6-9,14H,1-5H3. The molecule has 1 nitrogen and oxygen atoms in total. The van der Waals surface area contributed by atoms with E-state index in [0.29, 0.717) is 0 Å².